The minimum Gasteiger partial charge on any atom is -0.478 e. The molecule has 0 saturated carbocycles. The highest BCUT2D eigenvalue weighted by molar-refractivity contribution is 5.90. The highest BCUT2D eigenvalue weighted by Gasteiger charge is 2.05. The van der Waals surface area contributed by atoms with E-state index in [0.717, 1.165) is 0 Å². The van der Waals surface area contributed by atoms with Crippen LogP contribution in [-0.4, -0.2) is 42.1 Å². The van der Waals surface area contributed by atoms with Gasteiger partial charge in [-0.25, -0.2) is 14.4 Å². The van der Waals surface area contributed by atoms with Crippen molar-refractivity contribution in [3.05, 3.63) is 48.6 Å². The molecule has 1 amide bonds. The summed E-state index contributed by atoms with van der Waals surface area (Å²) >= 11 is 0. The number of ether oxygens (including phenoxy) is 2. The number of rotatable bonds is 7. The van der Waals surface area contributed by atoms with E-state index in [0.29, 0.717) is 16.7 Å². The van der Waals surface area contributed by atoms with Crippen LogP contribution in [0, 0.1) is 0 Å². The summed E-state index contributed by atoms with van der Waals surface area (Å²) in [7, 11) is 0. The molecule has 0 aliphatic carbocycles. The maximum atomic E-state index is 10.8. The Labute approximate surface area is 153 Å². The number of carbonyl (C=O) groups excluding carboxylic acids is 3. The number of hydrogen-bond acceptors (Lipinski definition) is 6. The molecule has 0 saturated heterocycles. The molecular formula is C18H27NO7. The molecule has 3 N–H and O–H groups in total. The van der Waals surface area contributed by atoms with E-state index >= 15 is 0 Å². The molecule has 0 atom stereocenters. The van der Waals surface area contributed by atoms with E-state index in [1.807, 2.05) is 0 Å². The van der Waals surface area contributed by atoms with Crippen molar-refractivity contribution < 1.29 is 33.8 Å². The average Bonchev–Trinajstić information content (AvgIpc) is 2.51. The van der Waals surface area contributed by atoms with Gasteiger partial charge in [-0.2, -0.15) is 0 Å². The number of esters is 2. The van der Waals surface area contributed by atoms with Gasteiger partial charge in [-0.1, -0.05) is 26.3 Å². The number of primary amides is 1. The lowest BCUT2D eigenvalue weighted by molar-refractivity contribution is -0.147. The molecule has 0 radical (unpaired) electrons. The maximum absolute atomic E-state index is 10.8. The number of hydrogen-bond donors (Lipinski definition) is 2. The Balaban J connectivity index is -0.000000364. The molecule has 0 unspecified atom stereocenters. The second-order valence-electron chi connectivity index (χ2n) is 5.06. The second kappa shape index (κ2) is 15.4. The van der Waals surface area contributed by atoms with Crippen LogP contribution < -0.4 is 5.73 Å². The summed E-state index contributed by atoms with van der Waals surface area (Å²) in [5.74, 6) is -2.35. The number of carboxylic acids is 1. The van der Waals surface area contributed by atoms with Gasteiger partial charge in [0.1, 0.15) is 13.2 Å². The third-order valence-electron chi connectivity index (χ3n) is 2.03. The van der Waals surface area contributed by atoms with E-state index in [-0.39, 0.29) is 18.8 Å². The fourth-order valence-electron chi connectivity index (χ4n) is 0.515. The third kappa shape index (κ3) is 20.8. The highest BCUT2D eigenvalue weighted by atomic mass is 16.6. The van der Waals surface area contributed by atoms with Crippen molar-refractivity contribution in [2.24, 2.45) is 5.73 Å². The molecule has 8 heteroatoms. The zero-order chi connectivity index (χ0) is 21.4. The van der Waals surface area contributed by atoms with Crippen molar-refractivity contribution in [2.75, 3.05) is 13.2 Å². The van der Waals surface area contributed by atoms with E-state index in [1.165, 1.54) is 6.92 Å². The topological polar surface area (TPSA) is 133 Å². The lowest BCUT2D eigenvalue weighted by Gasteiger charge is -2.05. The Hall–Kier alpha value is -3.16. The SMILES string of the molecule is C=C(C)C(=O)O.C=C(C)C(=O)OCCOC(=O)C(=C)C.C=C(C)C(N)=O. The number of nitrogens with two attached hydrogens (primary N) is 1. The molecule has 0 spiro atoms. The van der Waals surface area contributed by atoms with Gasteiger partial charge < -0.3 is 20.3 Å². The van der Waals surface area contributed by atoms with Crippen LogP contribution in [0.25, 0.3) is 0 Å². The normalized spacial score (nSPS) is 8.31. The first-order chi connectivity index (χ1) is 11.7. The van der Waals surface area contributed by atoms with Gasteiger partial charge in [-0.3, -0.25) is 4.79 Å². The lowest BCUT2D eigenvalue weighted by Crippen LogP contribution is -2.14. The molecule has 0 aliphatic rings. The third-order valence-corrected chi connectivity index (χ3v) is 2.03. The van der Waals surface area contributed by atoms with Gasteiger partial charge in [0.25, 0.3) is 0 Å². The summed E-state index contributed by atoms with van der Waals surface area (Å²) in [6.07, 6.45) is 0. The molecule has 0 aromatic carbocycles. The first-order valence-electron chi connectivity index (χ1n) is 7.23. The van der Waals surface area contributed by atoms with E-state index in [9.17, 15) is 19.2 Å². The Morgan fingerprint density at radius 3 is 1.08 bits per heavy atom. The van der Waals surface area contributed by atoms with Crippen LogP contribution in [0.3, 0.4) is 0 Å². The monoisotopic (exact) mass is 369 g/mol. The predicted octanol–water partition coefficient (Wildman–Crippen LogP) is 1.92. The van der Waals surface area contributed by atoms with E-state index < -0.39 is 23.8 Å². The Kier molecular flexibility index (Phi) is 16.4. The smallest absolute Gasteiger partial charge is 0.333 e. The fourth-order valence-corrected chi connectivity index (χ4v) is 0.515. The van der Waals surface area contributed by atoms with Crippen LogP contribution in [0.4, 0.5) is 0 Å². The summed E-state index contributed by atoms with van der Waals surface area (Å²) in [5, 5.41) is 7.89. The molecule has 0 bridgehead atoms. The van der Waals surface area contributed by atoms with Crippen molar-refractivity contribution in [3.8, 4) is 0 Å². The lowest BCUT2D eigenvalue weighted by atomic mass is 10.3. The summed E-state index contributed by atoms with van der Waals surface area (Å²) in [6.45, 7) is 19.4. The number of aliphatic carboxylic acids is 1. The summed E-state index contributed by atoms with van der Waals surface area (Å²) in [5.41, 5.74) is 5.90. The predicted molar refractivity (Wildman–Crippen MR) is 98.0 cm³/mol. The quantitative estimate of drug-likeness (QED) is 0.398. The number of carbonyl (C=O) groups is 4. The van der Waals surface area contributed by atoms with Gasteiger partial charge in [0, 0.05) is 22.3 Å². The van der Waals surface area contributed by atoms with E-state index in [2.05, 4.69) is 35.8 Å². The van der Waals surface area contributed by atoms with Crippen LogP contribution in [0.15, 0.2) is 48.6 Å². The minimum atomic E-state index is -0.935. The fraction of sp³-hybridized carbons (Fsp3) is 0.333. The van der Waals surface area contributed by atoms with Crippen LogP contribution in [-0.2, 0) is 28.7 Å². The van der Waals surface area contributed by atoms with Gasteiger partial charge in [-0.05, 0) is 27.7 Å². The molecule has 0 rings (SSSR count). The number of amides is 1. The van der Waals surface area contributed by atoms with Gasteiger partial charge in [-0.15, -0.1) is 0 Å². The largest absolute Gasteiger partial charge is 0.478 e. The summed E-state index contributed by atoms with van der Waals surface area (Å²) in [6, 6.07) is 0. The molecule has 8 nitrogen and oxygen atoms in total. The number of carboxylic acid groups (broad SMARTS) is 1. The Bertz CT molecular complexity index is 512. The van der Waals surface area contributed by atoms with Gasteiger partial charge in [0.2, 0.25) is 5.91 Å². The zero-order valence-corrected chi connectivity index (χ0v) is 15.7. The van der Waals surface area contributed by atoms with Crippen molar-refractivity contribution >= 4 is 23.8 Å². The summed E-state index contributed by atoms with van der Waals surface area (Å²) < 4.78 is 9.38. The molecule has 26 heavy (non-hydrogen) atoms. The van der Waals surface area contributed by atoms with Crippen molar-refractivity contribution in [1.82, 2.24) is 0 Å². The maximum Gasteiger partial charge on any atom is 0.333 e. The first-order valence-corrected chi connectivity index (χ1v) is 7.23. The van der Waals surface area contributed by atoms with Crippen LogP contribution >= 0.6 is 0 Å². The van der Waals surface area contributed by atoms with Gasteiger partial charge in [0.15, 0.2) is 0 Å². The standard InChI is InChI=1S/C10H14O4.C4H7NO.C4H6O2/c1-7(2)9(11)13-5-6-14-10(12)8(3)4;2*1-3(2)4(5)6/h1,3,5-6H2,2,4H3;1H2,2H3,(H2,5,6);1H2,2H3,(H,5,6). The summed E-state index contributed by atoms with van der Waals surface area (Å²) in [4.78, 5) is 41.1. The van der Waals surface area contributed by atoms with Crippen LogP contribution in [0.1, 0.15) is 27.7 Å². The minimum absolute atomic E-state index is 0.0325. The van der Waals surface area contributed by atoms with E-state index in [1.54, 1.807) is 20.8 Å². The van der Waals surface area contributed by atoms with Gasteiger partial charge >= 0.3 is 17.9 Å². The molecule has 0 aromatic rings. The molecule has 0 aromatic heterocycles. The second-order valence-corrected chi connectivity index (χ2v) is 5.06. The van der Waals surface area contributed by atoms with Gasteiger partial charge in [0.05, 0.1) is 0 Å². The molecule has 146 valence electrons. The first kappa shape index (κ1) is 27.7. The van der Waals surface area contributed by atoms with Crippen molar-refractivity contribution in [2.45, 2.75) is 27.7 Å². The van der Waals surface area contributed by atoms with Crippen LogP contribution in [0.2, 0.25) is 0 Å². The van der Waals surface area contributed by atoms with Crippen LogP contribution in [0.5, 0.6) is 0 Å². The molecule has 0 fully saturated rings. The highest BCUT2D eigenvalue weighted by Crippen LogP contribution is 1.94. The van der Waals surface area contributed by atoms with Crippen molar-refractivity contribution in [3.63, 3.8) is 0 Å². The Morgan fingerprint density at radius 1 is 0.731 bits per heavy atom. The van der Waals surface area contributed by atoms with Crippen molar-refractivity contribution in [1.29, 1.82) is 0 Å². The van der Waals surface area contributed by atoms with E-state index in [4.69, 9.17) is 10.8 Å². The molecule has 0 aliphatic heterocycles. The Morgan fingerprint density at radius 2 is 0.962 bits per heavy atom. The zero-order valence-electron chi connectivity index (χ0n) is 15.7. The molecular weight excluding hydrogens is 342 g/mol. The molecule has 0 heterocycles. The average molecular weight is 369 g/mol.